The van der Waals surface area contributed by atoms with E-state index in [0.717, 1.165) is 25.3 Å². The normalized spacial score (nSPS) is 10.3. The van der Waals surface area contributed by atoms with E-state index in [1.54, 1.807) is 6.20 Å². The molecular weight excluding hydrogens is 274 g/mol. The second kappa shape index (κ2) is 8.17. The van der Waals surface area contributed by atoms with Crippen molar-refractivity contribution < 1.29 is 4.79 Å². The first-order valence-corrected chi connectivity index (χ1v) is 7.77. The van der Waals surface area contributed by atoms with E-state index in [1.165, 1.54) is 5.56 Å². The standard InChI is InChI=1S/C18H23N3O/c1-3-12-19-18(22)16-10-11-17(20-13-16)21(4-2)14-15-8-6-5-7-9-15/h5-11,13H,3-4,12,14H2,1-2H3,(H,19,22). The van der Waals surface area contributed by atoms with Gasteiger partial charge in [0.2, 0.25) is 0 Å². The van der Waals surface area contributed by atoms with Crippen molar-refractivity contribution >= 4 is 11.7 Å². The lowest BCUT2D eigenvalue weighted by Gasteiger charge is -2.22. The first-order valence-electron chi connectivity index (χ1n) is 7.77. The van der Waals surface area contributed by atoms with Gasteiger partial charge in [0.05, 0.1) is 5.56 Å². The number of nitrogens with zero attached hydrogens (tertiary/aromatic N) is 2. The number of pyridine rings is 1. The first-order chi connectivity index (χ1) is 10.7. The highest BCUT2D eigenvalue weighted by Crippen LogP contribution is 2.14. The molecule has 1 amide bonds. The lowest BCUT2D eigenvalue weighted by molar-refractivity contribution is 0.0953. The van der Waals surface area contributed by atoms with Crippen LogP contribution < -0.4 is 10.2 Å². The van der Waals surface area contributed by atoms with Crippen molar-refractivity contribution in [1.29, 1.82) is 0 Å². The third-order valence-corrected chi connectivity index (χ3v) is 3.47. The van der Waals surface area contributed by atoms with Crippen LogP contribution in [0.25, 0.3) is 0 Å². The molecule has 1 N–H and O–H groups in total. The Bertz CT molecular complexity index is 581. The van der Waals surface area contributed by atoms with E-state index < -0.39 is 0 Å². The van der Waals surface area contributed by atoms with Gasteiger partial charge in [-0.05, 0) is 31.0 Å². The second-order valence-electron chi connectivity index (χ2n) is 5.16. The Morgan fingerprint density at radius 3 is 2.50 bits per heavy atom. The number of benzene rings is 1. The lowest BCUT2D eigenvalue weighted by Crippen LogP contribution is -2.25. The maximum absolute atomic E-state index is 11.9. The molecule has 0 aliphatic heterocycles. The van der Waals surface area contributed by atoms with Gasteiger partial charge >= 0.3 is 0 Å². The van der Waals surface area contributed by atoms with Crippen molar-refractivity contribution in [3.63, 3.8) is 0 Å². The molecule has 1 aromatic heterocycles. The molecule has 1 heterocycles. The Morgan fingerprint density at radius 1 is 1.14 bits per heavy atom. The number of hydrogen-bond acceptors (Lipinski definition) is 3. The van der Waals surface area contributed by atoms with E-state index in [1.807, 2.05) is 37.3 Å². The van der Waals surface area contributed by atoms with Crippen LogP contribution in [0.15, 0.2) is 48.7 Å². The predicted octanol–water partition coefficient (Wildman–Crippen LogP) is 3.25. The fourth-order valence-corrected chi connectivity index (χ4v) is 2.21. The smallest absolute Gasteiger partial charge is 0.252 e. The highest BCUT2D eigenvalue weighted by molar-refractivity contribution is 5.94. The summed E-state index contributed by atoms with van der Waals surface area (Å²) in [6, 6.07) is 14.1. The molecule has 0 saturated carbocycles. The molecule has 1 aromatic carbocycles. The summed E-state index contributed by atoms with van der Waals surface area (Å²) in [7, 11) is 0. The largest absolute Gasteiger partial charge is 0.353 e. The molecule has 2 aromatic rings. The van der Waals surface area contributed by atoms with E-state index in [9.17, 15) is 4.79 Å². The number of nitrogens with one attached hydrogen (secondary N) is 1. The summed E-state index contributed by atoms with van der Waals surface area (Å²) in [5.41, 5.74) is 1.85. The van der Waals surface area contributed by atoms with Crippen LogP contribution in [0.5, 0.6) is 0 Å². The van der Waals surface area contributed by atoms with Crippen LogP contribution in [0.3, 0.4) is 0 Å². The van der Waals surface area contributed by atoms with Crippen LogP contribution in [-0.4, -0.2) is 24.0 Å². The molecule has 0 saturated heterocycles. The van der Waals surface area contributed by atoms with Gasteiger partial charge in [-0.3, -0.25) is 4.79 Å². The number of rotatable bonds is 7. The van der Waals surface area contributed by atoms with Gasteiger partial charge < -0.3 is 10.2 Å². The molecule has 0 radical (unpaired) electrons. The van der Waals surface area contributed by atoms with E-state index in [4.69, 9.17) is 0 Å². The van der Waals surface area contributed by atoms with Crippen LogP contribution in [-0.2, 0) is 6.54 Å². The zero-order valence-electron chi connectivity index (χ0n) is 13.2. The third-order valence-electron chi connectivity index (χ3n) is 3.47. The summed E-state index contributed by atoms with van der Waals surface area (Å²) in [6.45, 7) is 6.50. The number of aromatic nitrogens is 1. The van der Waals surface area contributed by atoms with E-state index in [-0.39, 0.29) is 5.91 Å². The Hall–Kier alpha value is -2.36. The minimum atomic E-state index is -0.0630. The van der Waals surface area contributed by atoms with Crippen LogP contribution in [0.2, 0.25) is 0 Å². The summed E-state index contributed by atoms with van der Waals surface area (Å²) < 4.78 is 0. The zero-order valence-corrected chi connectivity index (χ0v) is 13.2. The number of carbonyl (C=O) groups is 1. The fraction of sp³-hybridized carbons (Fsp3) is 0.333. The molecule has 0 bridgehead atoms. The summed E-state index contributed by atoms with van der Waals surface area (Å²) >= 11 is 0. The summed E-state index contributed by atoms with van der Waals surface area (Å²) in [5.74, 6) is 0.824. The van der Waals surface area contributed by atoms with Crippen molar-refractivity contribution in [2.24, 2.45) is 0 Å². The number of hydrogen-bond donors (Lipinski definition) is 1. The average Bonchev–Trinajstić information content (AvgIpc) is 2.58. The van der Waals surface area contributed by atoms with Gasteiger partial charge in [0.15, 0.2) is 0 Å². The van der Waals surface area contributed by atoms with Crippen LogP contribution in [0, 0.1) is 0 Å². The Balaban J connectivity index is 2.05. The summed E-state index contributed by atoms with van der Waals surface area (Å²) in [4.78, 5) is 18.5. The molecule has 0 aliphatic carbocycles. The predicted molar refractivity (Wildman–Crippen MR) is 90.0 cm³/mol. The molecule has 0 aliphatic rings. The van der Waals surface area contributed by atoms with Crippen molar-refractivity contribution in [3.8, 4) is 0 Å². The van der Waals surface area contributed by atoms with Gasteiger partial charge in [-0.1, -0.05) is 37.3 Å². The van der Waals surface area contributed by atoms with Crippen molar-refractivity contribution in [1.82, 2.24) is 10.3 Å². The maximum atomic E-state index is 11.9. The van der Waals surface area contributed by atoms with Crippen molar-refractivity contribution in [2.45, 2.75) is 26.8 Å². The Kier molecular flexibility index (Phi) is 5.95. The van der Waals surface area contributed by atoms with Gasteiger partial charge in [-0.2, -0.15) is 0 Å². The molecule has 22 heavy (non-hydrogen) atoms. The fourth-order valence-electron chi connectivity index (χ4n) is 2.21. The van der Waals surface area contributed by atoms with Crippen LogP contribution >= 0.6 is 0 Å². The summed E-state index contributed by atoms with van der Waals surface area (Å²) in [6.07, 6.45) is 2.58. The third kappa shape index (κ3) is 4.32. The number of amides is 1. The SMILES string of the molecule is CCCNC(=O)c1ccc(N(CC)Cc2ccccc2)nc1. The summed E-state index contributed by atoms with van der Waals surface area (Å²) in [5, 5.41) is 2.86. The topological polar surface area (TPSA) is 45.2 Å². The Morgan fingerprint density at radius 2 is 1.91 bits per heavy atom. The van der Waals surface area contributed by atoms with E-state index >= 15 is 0 Å². The molecule has 0 unspecified atom stereocenters. The lowest BCUT2D eigenvalue weighted by atomic mass is 10.2. The number of carbonyl (C=O) groups excluding carboxylic acids is 1. The van der Waals surface area contributed by atoms with E-state index in [2.05, 4.69) is 34.3 Å². The van der Waals surface area contributed by atoms with Gasteiger partial charge in [0, 0.05) is 25.8 Å². The highest BCUT2D eigenvalue weighted by atomic mass is 16.1. The molecule has 2 rings (SSSR count). The van der Waals surface area contributed by atoms with Gasteiger partial charge in [-0.15, -0.1) is 0 Å². The highest BCUT2D eigenvalue weighted by Gasteiger charge is 2.09. The quantitative estimate of drug-likeness (QED) is 0.853. The van der Waals surface area contributed by atoms with Gasteiger partial charge in [0.1, 0.15) is 5.82 Å². The molecule has 4 heteroatoms. The molecule has 0 atom stereocenters. The molecular formula is C18H23N3O. The zero-order chi connectivity index (χ0) is 15.8. The monoisotopic (exact) mass is 297 g/mol. The average molecular weight is 297 g/mol. The van der Waals surface area contributed by atoms with Crippen LogP contribution in [0.4, 0.5) is 5.82 Å². The van der Waals surface area contributed by atoms with Crippen LogP contribution in [0.1, 0.15) is 36.2 Å². The van der Waals surface area contributed by atoms with Gasteiger partial charge in [-0.25, -0.2) is 4.98 Å². The second-order valence-corrected chi connectivity index (χ2v) is 5.16. The van der Waals surface area contributed by atoms with Gasteiger partial charge in [0.25, 0.3) is 5.91 Å². The van der Waals surface area contributed by atoms with Crippen molar-refractivity contribution in [2.75, 3.05) is 18.0 Å². The number of anilines is 1. The Labute approximate surface area is 132 Å². The molecule has 0 spiro atoms. The van der Waals surface area contributed by atoms with Crippen molar-refractivity contribution in [3.05, 3.63) is 59.8 Å². The molecule has 116 valence electrons. The first kappa shape index (κ1) is 16.0. The molecule has 0 fully saturated rings. The minimum Gasteiger partial charge on any atom is -0.353 e. The van der Waals surface area contributed by atoms with E-state index in [0.29, 0.717) is 12.1 Å². The minimum absolute atomic E-state index is 0.0630. The molecule has 4 nitrogen and oxygen atoms in total. The maximum Gasteiger partial charge on any atom is 0.252 e.